The number of aliphatic hydroxyl groups excluding tert-OH is 1. The summed E-state index contributed by atoms with van der Waals surface area (Å²) >= 11 is 0. The van der Waals surface area contributed by atoms with Gasteiger partial charge < -0.3 is 9.67 Å². The lowest BCUT2D eigenvalue weighted by Gasteiger charge is -2.36. The molecular formula is C28H42N2O. The Morgan fingerprint density at radius 2 is 1.84 bits per heavy atom. The van der Waals surface area contributed by atoms with E-state index in [1.807, 2.05) is 6.08 Å². The van der Waals surface area contributed by atoms with Crippen LogP contribution in [0.1, 0.15) is 82.5 Å². The first-order valence-electron chi connectivity index (χ1n) is 12.1. The predicted molar refractivity (Wildman–Crippen MR) is 131 cm³/mol. The van der Waals surface area contributed by atoms with E-state index in [-0.39, 0.29) is 11.5 Å². The molecule has 1 aromatic heterocycles. The molecule has 1 fully saturated rings. The van der Waals surface area contributed by atoms with Crippen molar-refractivity contribution >= 4 is 0 Å². The first kappa shape index (κ1) is 23.8. The van der Waals surface area contributed by atoms with Crippen LogP contribution in [-0.4, -0.2) is 33.3 Å². The average Bonchev–Trinajstić information content (AvgIpc) is 3.18. The molecule has 1 N–H and O–H groups in total. The van der Waals surface area contributed by atoms with Gasteiger partial charge >= 0.3 is 0 Å². The highest BCUT2D eigenvalue weighted by Gasteiger charge is 2.24. The van der Waals surface area contributed by atoms with Crippen molar-refractivity contribution in [2.45, 2.75) is 96.4 Å². The lowest BCUT2D eigenvalue weighted by molar-refractivity contribution is 0.0624. The second-order valence-corrected chi connectivity index (χ2v) is 10.3. The first-order valence-corrected chi connectivity index (χ1v) is 12.1. The Morgan fingerprint density at radius 3 is 2.48 bits per heavy atom. The van der Waals surface area contributed by atoms with Crippen LogP contribution in [0.25, 0.3) is 0 Å². The first-order chi connectivity index (χ1) is 14.9. The minimum atomic E-state index is -0.284. The molecule has 1 aliphatic carbocycles. The molecule has 31 heavy (non-hydrogen) atoms. The topological polar surface area (TPSA) is 28.4 Å². The summed E-state index contributed by atoms with van der Waals surface area (Å²) in [4.78, 5) is 2.54. The van der Waals surface area contributed by atoms with E-state index in [0.717, 1.165) is 32.5 Å². The molecule has 0 amide bonds. The van der Waals surface area contributed by atoms with Crippen LogP contribution in [0.4, 0.5) is 0 Å². The number of benzene rings is 1. The molecule has 1 heterocycles. The molecule has 3 heteroatoms. The van der Waals surface area contributed by atoms with Gasteiger partial charge in [0.25, 0.3) is 0 Å². The van der Waals surface area contributed by atoms with Crippen molar-refractivity contribution in [2.75, 3.05) is 6.54 Å². The number of aromatic nitrogens is 1. The van der Waals surface area contributed by atoms with E-state index in [9.17, 15) is 5.11 Å². The van der Waals surface area contributed by atoms with Gasteiger partial charge in [0.05, 0.1) is 6.10 Å². The van der Waals surface area contributed by atoms with Gasteiger partial charge in [-0.3, -0.25) is 4.90 Å². The van der Waals surface area contributed by atoms with Gasteiger partial charge in [-0.2, -0.15) is 0 Å². The van der Waals surface area contributed by atoms with E-state index >= 15 is 0 Å². The second kappa shape index (κ2) is 11.2. The minimum absolute atomic E-state index is 0.185. The van der Waals surface area contributed by atoms with Gasteiger partial charge in [0.2, 0.25) is 0 Å². The van der Waals surface area contributed by atoms with Crippen molar-refractivity contribution in [3.63, 3.8) is 0 Å². The maximum absolute atomic E-state index is 10.6. The van der Waals surface area contributed by atoms with Crippen molar-refractivity contribution in [1.29, 1.82) is 0 Å². The highest BCUT2D eigenvalue weighted by atomic mass is 16.3. The van der Waals surface area contributed by atoms with E-state index in [1.54, 1.807) is 0 Å². The van der Waals surface area contributed by atoms with Gasteiger partial charge in [0, 0.05) is 37.6 Å². The van der Waals surface area contributed by atoms with Crippen LogP contribution in [-0.2, 0) is 18.5 Å². The molecule has 0 radical (unpaired) electrons. The molecule has 0 bridgehead atoms. The van der Waals surface area contributed by atoms with Crippen LogP contribution in [0.3, 0.4) is 0 Å². The average molecular weight is 423 g/mol. The molecule has 0 unspecified atom stereocenters. The summed E-state index contributed by atoms with van der Waals surface area (Å²) in [6, 6.07) is 14.1. The van der Waals surface area contributed by atoms with Crippen molar-refractivity contribution in [2.24, 2.45) is 0 Å². The van der Waals surface area contributed by atoms with Crippen molar-refractivity contribution in [3.05, 3.63) is 72.1 Å². The number of nitrogens with zero attached hydrogens (tertiary/aromatic N) is 2. The van der Waals surface area contributed by atoms with Crippen LogP contribution in [0.5, 0.6) is 0 Å². The molecule has 0 aliphatic heterocycles. The third-order valence-corrected chi connectivity index (χ3v) is 6.70. The molecule has 3 nitrogen and oxygen atoms in total. The number of aliphatic hydroxyl groups is 1. The Balaban J connectivity index is 1.70. The van der Waals surface area contributed by atoms with E-state index in [0.29, 0.717) is 6.04 Å². The summed E-state index contributed by atoms with van der Waals surface area (Å²) in [7, 11) is 0. The number of hydrogen-bond donors (Lipinski definition) is 1. The minimum Gasteiger partial charge on any atom is -0.392 e. The number of hydrogen-bond acceptors (Lipinski definition) is 2. The fourth-order valence-electron chi connectivity index (χ4n) is 4.72. The van der Waals surface area contributed by atoms with Gasteiger partial charge in [0.1, 0.15) is 0 Å². The van der Waals surface area contributed by atoms with Gasteiger partial charge in [-0.05, 0) is 54.4 Å². The summed E-state index contributed by atoms with van der Waals surface area (Å²) in [5, 5.41) is 10.6. The summed E-state index contributed by atoms with van der Waals surface area (Å²) in [6.45, 7) is 13.1. The molecule has 1 saturated carbocycles. The Labute approximate surface area is 189 Å². The fourth-order valence-corrected chi connectivity index (χ4v) is 4.72. The fraction of sp³-hybridized carbons (Fsp3) is 0.571. The molecule has 170 valence electrons. The van der Waals surface area contributed by atoms with E-state index in [1.165, 1.54) is 48.9 Å². The molecule has 1 aromatic carbocycles. The molecule has 0 saturated heterocycles. The largest absolute Gasteiger partial charge is 0.392 e. The Morgan fingerprint density at radius 1 is 1.13 bits per heavy atom. The molecule has 1 aliphatic rings. The Bertz CT molecular complexity index is 793. The number of rotatable bonds is 10. The van der Waals surface area contributed by atoms with Crippen LogP contribution in [0.2, 0.25) is 0 Å². The van der Waals surface area contributed by atoms with E-state index < -0.39 is 0 Å². The molecule has 0 spiro atoms. The quantitative estimate of drug-likeness (QED) is 0.455. The smallest absolute Gasteiger partial charge is 0.0670 e. The normalized spacial score (nSPS) is 16.5. The summed E-state index contributed by atoms with van der Waals surface area (Å²) in [5.74, 6) is 0. The van der Waals surface area contributed by atoms with E-state index in [2.05, 4.69) is 79.4 Å². The zero-order chi connectivity index (χ0) is 22.3. The van der Waals surface area contributed by atoms with Crippen LogP contribution in [0.15, 0.2) is 55.3 Å². The molecule has 3 rings (SSSR count). The zero-order valence-corrected chi connectivity index (χ0v) is 19.9. The van der Waals surface area contributed by atoms with Gasteiger partial charge in [-0.25, -0.2) is 0 Å². The highest BCUT2D eigenvalue weighted by Crippen LogP contribution is 2.26. The maximum Gasteiger partial charge on any atom is 0.0670 e. The Hall–Kier alpha value is -1.84. The summed E-state index contributed by atoms with van der Waals surface area (Å²) < 4.78 is 2.37. The summed E-state index contributed by atoms with van der Waals surface area (Å²) in [6.07, 6.45) is 12.0. The molecule has 2 aromatic rings. The van der Waals surface area contributed by atoms with E-state index in [4.69, 9.17) is 0 Å². The van der Waals surface area contributed by atoms with Crippen LogP contribution in [0, 0.1) is 0 Å². The van der Waals surface area contributed by atoms with Gasteiger partial charge in [-0.15, -0.1) is 6.58 Å². The van der Waals surface area contributed by atoms with Crippen molar-refractivity contribution < 1.29 is 5.11 Å². The molecular weight excluding hydrogens is 380 g/mol. The van der Waals surface area contributed by atoms with Crippen molar-refractivity contribution in [1.82, 2.24) is 9.47 Å². The molecule has 1 atom stereocenters. The van der Waals surface area contributed by atoms with Crippen LogP contribution >= 0.6 is 0 Å². The highest BCUT2D eigenvalue weighted by molar-refractivity contribution is 5.28. The van der Waals surface area contributed by atoms with Gasteiger partial charge in [0.15, 0.2) is 0 Å². The lowest BCUT2D eigenvalue weighted by atomic mass is 9.87. The summed E-state index contributed by atoms with van der Waals surface area (Å²) in [5.41, 5.74) is 4.23. The SMILES string of the molecule is C=CCC[C@H](O)CN(Cc1cccn1Cc1ccc(C(C)(C)C)cc1)C1CCCCC1. The lowest BCUT2D eigenvalue weighted by Crippen LogP contribution is -2.41. The van der Waals surface area contributed by atoms with Crippen LogP contribution < -0.4 is 0 Å². The monoisotopic (exact) mass is 422 g/mol. The van der Waals surface area contributed by atoms with Gasteiger partial charge in [-0.1, -0.05) is 70.4 Å². The van der Waals surface area contributed by atoms with Crippen molar-refractivity contribution in [3.8, 4) is 0 Å². The third kappa shape index (κ3) is 7.08. The standard InChI is InChI=1S/C28H42N2O/c1-5-6-14-27(31)22-30(25-11-8-7-9-12-25)21-26-13-10-19-29(26)20-23-15-17-24(18-16-23)28(2,3)4/h5,10,13,15-19,25,27,31H,1,6-9,11-12,14,20-22H2,2-4H3/t27-/m0/s1. The third-order valence-electron chi connectivity index (χ3n) is 6.70. The Kier molecular flexibility index (Phi) is 8.57. The predicted octanol–water partition coefficient (Wildman–Crippen LogP) is 6.30. The number of allylic oxidation sites excluding steroid dienone is 1. The zero-order valence-electron chi connectivity index (χ0n) is 19.9. The maximum atomic E-state index is 10.6. The second-order valence-electron chi connectivity index (χ2n) is 10.3.